The lowest BCUT2D eigenvalue weighted by Gasteiger charge is -2.19. The molecule has 1 unspecified atom stereocenters. The molecule has 5 rings (SSSR count). The average Bonchev–Trinajstić information content (AvgIpc) is 3.46. The van der Waals surface area contributed by atoms with Crippen LogP contribution < -0.4 is 4.74 Å². The smallest absolute Gasteiger partial charge is 0.351 e. The van der Waals surface area contributed by atoms with E-state index in [1.165, 1.54) is 7.11 Å². The Labute approximate surface area is 203 Å². The van der Waals surface area contributed by atoms with Crippen LogP contribution in [-0.2, 0) is 29.7 Å². The fraction of sp³-hybridized carbons (Fsp3) is 0.179. The second kappa shape index (κ2) is 9.46. The fourth-order valence-corrected chi connectivity index (χ4v) is 4.32. The van der Waals surface area contributed by atoms with Crippen molar-refractivity contribution in [3.63, 3.8) is 0 Å². The molecule has 35 heavy (non-hydrogen) atoms. The highest BCUT2D eigenvalue weighted by Gasteiger charge is 2.33. The first kappa shape index (κ1) is 22.4. The van der Waals surface area contributed by atoms with Crippen LogP contribution in [0.15, 0.2) is 85.2 Å². The summed E-state index contributed by atoms with van der Waals surface area (Å²) < 4.78 is 12.8. The Morgan fingerprint density at radius 1 is 1.00 bits per heavy atom. The monoisotopic (exact) mass is 467 g/mol. The Balaban J connectivity index is 1.35. The van der Waals surface area contributed by atoms with Crippen molar-refractivity contribution in [2.45, 2.75) is 19.2 Å². The van der Waals surface area contributed by atoms with Crippen LogP contribution in [0.4, 0.5) is 0 Å². The highest BCUT2D eigenvalue weighted by Crippen LogP contribution is 2.35. The molecule has 0 aliphatic carbocycles. The molecule has 1 aliphatic rings. The second-order valence-corrected chi connectivity index (χ2v) is 8.48. The van der Waals surface area contributed by atoms with Crippen molar-refractivity contribution in [1.82, 2.24) is 14.7 Å². The zero-order valence-corrected chi connectivity index (χ0v) is 19.5. The van der Waals surface area contributed by atoms with E-state index in [0.29, 0.717) is 30.0 Å². The van der Waals surface area contributed by atoms with Crippen LogP contribution >= 0.6 is 0 Å². The Morgan fingerprint density at radius 2 is 1.77 bits per heavy atom. The quantitative estimate of drug-likeness (QED) is 0.373. The number of benzene rings is 3. The summed E-state index contributed by atoms with van der Waals surface area (Å²) in [5, 5.41) is 4.22. The molecule has 0 spiro atoms. The number of aromatic nitrogens is 2. The summed E-state index contributed by atoms with van der Waals surface area (Å²) in [6, 6.07) is 22.7. The van der Waals surface area contributed by atoms with Crippen molar-refractivity contribution >= 4 is 11.9 Å². The van der Waals surface area contributed by atoms with Gasteiger partial charge in [-0.25, -0.2) is 4.79 Å². The molecule has 1 atom stereocenters. The van der Waals surface area contributed by atoms with Gasteiger partial charge in [0.05, 0.1) is 18.9 Å². The van der Waals surface area contributed by atoms with Crippen molar-refractivity contribution in [3.8, 4) is 16.9 Å². The Morgan fingerprint density at radius 3 is 2.46 bits per heavy atom. The number of esters is 1. The van der Waals surface area contributed by atoms with Gasteiger partial charge in [-0.3, -0.25) is 9.48 Å². The predicted molar refractivity (Wildman–Crippen MR) is 130 cm³/mol. The summed E-state index contributed by atoms with van der Waals surface area (Å²) >= 11 is 0. The Kier molecular flexibility index (Phi) is 6.06. The Hall–Kier alpha value is -4.39. The third-order valence-electron chi connectivity index (χ3n) is 6.10. The second-order valence-electron chi connectivity index (χ2n) is 8.48. The van der Waals surface area contributed by atoms with Crippen molar-refractivity contribution in [2.24, 2.45) is 7.05 Å². The number of carbonyl (C=O) groups is 2. The lowest BCUT2D eigenvalue weighted by atomic mass is 10.1. The van der Waals surface area contributed by atoms with Gasteiger partial charge in [0, 0.05) is 37.5 Å². The summed E-state index contributed by atoms with van der Waals surface area (Å²) in [5.74, 6) is -0.269. The number of hydrogen-bond acceptors (Lipinski definition) is 5. The van der Waals surface area contributed by atoms with E-state index in [4.69, 9.17) is 9.47 Å². The molecular formula is C28H25N3O4. The van der Waals surface area contributed by atoms with Crippen LogP contribution in [0, 0.1) is 0 Å². The molecule has 0 fully saturated rings. The maximum absolute atomic E-state index is 13.4. The minimum atomic E-state index is -0.963. The van der Waals surface area contributed by atoms with Gasteiger partial charge in [0.1, 0.15) is 5.75 Å². The molecular weight excluding hydrogens is 442 g/mol. The lowest BCUT2D eigenvalue weighted by molar-refractivity contribution is -0.149. The van der Waals surface area contributed by atoms with Gasteiger partial charge in [0.2, 0.25) is 6.10 Å². The maximum Gasteiger partial charge on any atom is 0.351 e. The molecule has 0 bridgehead atoms. The molecule has 7 nitrogen and oxygen atoms in total. The zero-order valence-electron chi connectivity index (χ0n) is 19.5. The van der Waals surface area contributed by atoms with Gasteiger partial charge in [0.25, 0.3) is 5.91 Å². The topological polar surface area (TPSA) is 73.7 Å². The van der Waals surface area contributed by atoms with E-state index >= 15 is 0 Å². The molecule has 4 aromatic rings. The lowest BCUT2D eigenvalue weighted by Crippen LogP contribution is -2.24. The maximum atomic E-state index is 13.4. The standard InChI is InChI=1S/C28H25N3O4/c1-30-17-23(15-29-30)20-13-11-19(12-14-20)16-31-18-22-9-6-10-24(25(22)27(31)32)35-26(28(33)34-2)21-7-4-3-5-8-21/h3-15,17,26H,16,18H2,1-2H3. The molecule has 0 radical (unpaired) electrons. The number of rotatable bonds is 7. The minimum absolute atomic E-state index is 0.122. The summed E-state index contributed by atoms with van der Waals surface area (Å²) in [6.45, 7) is 0.948. The fourth-order valence-electron chi connectivity index (χ4n) is 4.32. The van der Waals surface area contributed by atoms with Gasteiger partial charge in [-0.15, -0.1) is 0 Å². The van der Waals surface area contributed by atoms with Crippen LogP contribution in [-0.4, -0.2) is 33.7 Å². The average molecular weight is 468 g/mol. The molecule has 0 saturated carbocycles. The summed E-state index contributed by atoms with van der Waals surface area (Å²) in [5.41, 5.74) is 5.17. The van der Waals surface area contributed by atoms with Gasteiger partial charge < -0.3 is 14.4 Å². The number of nitrogens with zero attached hydrogens (tertiary/aromatic N) is 3. The molecule has 1 amide bonds. The molecule has 0 N–H and O–H groups in total. The zero-order chi connectivity index (χ0) is 24.4. The van der Waals surface area contributed by atoms with Crippen molar-refractivity contribution in [2.75, 3.05) is 7.11 Å². The molecule has 7 heteroatoms. The van der Waals surface area contributed by atoms with Gasteiger partial charge in [-0.1, -0.05) is 66.7 Å². The van der Waals surface area contributed by atoms with Crippen molar-refractivity contribution < 1.29 is 19.1 Å². The third-order valence-corrected chi connectivity index (χ3v) is 6.10. The van der Waals surface area contributed by atoms with Gasteiger partial charge in [-0.05, 0) is 22.8 Å². The SMILES string of the molecule is COC(=O)C(Oc1cccc2c1C(=O)N(Cc1ccc(-c3cnn(C)c3)cc1)C2)c1ccccc1. The number of carbonyl (C=O) groups excluding carboxylic acids is 2. The number of aryl methyl sites for hydroxylation is 1. The summed E-state index contributed by atoms with van der Waals surface area (Å²) in [7, 11) is 3.21. The van der Waals surface area contributed by atoms with Crippen molar-refractivity contribution in [3.05, 3.63) is 107 Å². The molecule has 2 heterocycles. The summed E-state index contributed by atoms with van der Waals surface area (Å²) in [4.78, 5) is 27.7. The van der Waals surface area contributed by atoms with Crippen LogP contribution in [0.1, 0.15) is 33.2 Å². The highest BCUT2D eigenvalue weighted by molar-refractivity contribution is 6.01. The van der Waals surface area contributed by atoms with Gasteiger partial charge in [0.15, 0.2) is 0 Å². The molecule has 3 aromatic carbocycles. The van der Waals surface area contributed by atoms with E-state index in [-0.39, 0.29) is 5.91 Å². The molecule has 176 valence electrons. The van der Waals surface area contributed by atoms with Crippen LogP contribution in [0.25, 0.3) is 11.1 Å². The number of amides is 1. The van der Waals surface area contributed by atoms with Gasteiger partial charge >= 0.3 is 5.97 Å². The van der Waals surface area contributed by atoms with Crippen molar-refractivity contribution in [1.29, 1.82) is 0 Å². The first-order valence-electron chi connectivity index (χ1n) is 11.3. The largest absolute Gasteiger partial charge is 0.473 e. The van der Waals surface area contributed by atoms with E-state index in [1.807, 2.05) is 74.0 Å². The number of hydrogen-bond donors (Lipinski definition) is 0. The molecule has 1 aromatic heterocycles. The molecule has 0 saturated heterocycles. The first-order chi connectivity index (χ1) is 17.0. The number of ether oxygens (including phenoxy) is 2. The first-order valence-corrected chi connectivity index (χ1v) is 11.3. The van der Waals surface area contributed by atoms with Gasteiger partial charge in [-0.2, -0.15) is 5.10 Å². The summed E-state index contributed by atoms with van der Waals surface area (Å²) in [6.07, 6.45) is 2.83. The number of fused-ring (bicyclic) bond motifs is 1. The number of methoxy groups -OCH3 is 1. The minimum Gasteiger partial charge on any atom is -0.473 e. The third kappa shape index (κ3) is 4.53. The van der Waals surface area contributed by atoms with E-state index in [9.17, 15) is 9.59 Å². The van der Waals surface area contributed by atoms with E-state index in [0.717, 1.165) is 22.3 Å². The van der Waals surface area contributed by atoms with E-state index in [2.05, 4.69) is 5.10 Å². The Bertz CT molecular complexity index is 1360. The van der Waals surface area contributed by atoms with Crippen LogP contribution in [0.5, 0.6) is 5.75 Å². The van der Waals surface area contributed by atoms with Crippen LogP contribution in [0.2, 0.25) is 0 Å². The van der Waals surface area contributed by atoms with E-state index < -0.39 is 12.1 Å². The van der Waals surface area contributed by atoms with Crippen LogP contribution in [0.3, 0.4) is 0 Å². The van der Waals surface area contributed by atoms with E-state index in [1.54, 1.807) is 27.8 Å². The predicted octanol–water partition coefficient (Wildman–Crippen LogP) is 4.54. The highest BCUT2D eigenvalue weighted by atomic mass is 16.6. The normalized spacial score (nSPS) is 13.4. The molecule has 1 aliphatic heterocycles.